The molecule has 22 heteroatoms. The number of β-amino-alcohol motifs (C(OH)–C–C–N with tert-alkyl or cyclic N) is 1. The summed E-state index contributed by atoms with van der Waals surface area (Å²) in [7, 11) is -2.85. The molecule has 3 saturated heterocycles. The van der Waals surface area contributed by atoms with Gasteiger partial charge in [0.15, 0.2) is 5.82 Å². The lowest BCUT2D eigenvalue weighted by Gasteiger charge is -2.43. The van der Waals surface area contributed by atoms with Gasteiger partial charge in [-0.1, -0.05) is 64.1 Å². The standard InChI is InChI=1S/C57H69F2N11O7S2/c1-8-66(7)79(76,77)65-46-18-17-45(58)49(50(46)59)51(73)44-30-61-54-43(44)27-39(29-60-54)37-13-15-40(16-14-37)68-23-25-69(26-24-68)41-19-21-67(22-20-41)32-48(72)64-53(57(4,5)6)56(75)70-31-42(71)28-47(70)55(74)63-34(2)36-9-11-38(12-10-36)52-35(3)62-33-78-52/h9-18,27,29-30,33-34,41-42,47,53,65,71H,8,19-26,28,31-32H2,1-7H3,(H,60,61)(H,63,74)(H,64,72)/t34-,42+,47-,53?/m0/s1. The van der Waals surface area contributed by atoms with Gasteiger partial charge in [-0.3, -0.25) is 33.7 Å². The molecule has 79 heavy (non-hydrogen) atoms. The number of nitrogens with zero attached hydrogens (tertiary/aromatic N) is 7. The minimum absolute atomic E-state index is 0.00663. The van der Waals surface area contributed by atoms with Gasteiger partial charge < -0.3 is 30.5 Å². The van der Waals surface area contributed by atoms with E-state index in [1.807, 2.05) is 88.7 Å². The fraction of sp³-hybridized carbons (Fsp3) is 0.439. The summed E-state index contributed by atoms with van der Waals surface area (Å²) in [5, 5.41) is 17.2. The van der Waals surface area contributed by atoms with Gasteiger partial charge in [-0.25, -0.2) is 18.7 Å². The monoisotopic (exact) mass is 1120 g/mol. The van der Waals surface area contributed by atoms with Crippen molar-refractivity contribution in [1.29, 1.82) is 0 Å². The SMILES string of the molecule is CCN(C)S(=O)(=O)Nc1ccc(F)c(C(=O)c2c[nH]c3ncc(-c4ccc(N5CCN(C6CCN(CC(=O)NC(C(=O)N7C[C@H](O)C[C@H]7C(=O)N[C@@H](C)c7ccc(-c8scnc8C)cc7)C(C)(C)C)CC6)CC5)cc4)cc23)c1F. The quantitative estimate of drug-likeness (QED) is 0.0601. The highest BCUT2D eigenvalue weighted by molar-refractivity contribution is 7.90. The molecule has 3 fully saturated rings. The summed E-state index contributed by atoms with van der Waals surface area (Å²) in [6.45, 7) is 16.1. The van der Waals surface area contributed by atoms with Gasteiger partial charge in [0.2, 0.25) is 23.5 Å². The normalized spacial score (nSPS) is 18.7. The van der Waals surface area contributed by atoms with Crippen LogP contribution in [0.3, 0.4) is 0 Å². The number of hydrogen-bond donors (Lipinski definition) is 5. The number of thiazole rings is 1. The van der Waals surface area contributed by atoms with Gasteiger partial charge in [0.25, 0.3) is 0 Å². The number of ketones is 1. The van der Waals surface area contributed by atoms with Crippen molar-refractivity contribution in [2.75, 3.05) is 75.6 Å². The summed E-state index contributed by atoms with van der Waals surface area (Å²) in [6.07, 6.45) is 3.99. The number of likely N-dealkylation sites (tertiary alicyclic amines) is 2. The van der Waals surface area contributed by atoms with E-state index >= 15 is 8.78 Å². The number of anilines is 2. The number of aliphatic hydroxyl groups excluding tert-OH is 1. The van der Waals surface area contributed by atoms with E-state index in [4.69, 9.17) is 0 Å². The van der Waals surface area contributed by atoms with Crippen molar-refractivity contribution < 1.29 is 41.5 Å². The molecule has 3 aliphatic heterocycles. The number of aromatic nitrogens is 3. The second kappa shape index (κ2) is 23.6. The number of H-pyrrole nitrogens is 1. The van der Waals surface area contributed by atoms with Gasteiger partial charge in [-0.2, -0.15) is 12.7 Å². The van der Waals surface area contributed by atoms with E-state index in [1.54, 1.807) is 30.5 Å². The molecular formula is C57H69F2N11O7S2. The number of aliphatic hydroxyl groups is 1. The number of rotatable bonds is 17. The molecule has 9 rings (SSSR count). The number of aryl methyl sites for hydroxylation is 1. The third kappa shape index (κ3) is 12.5. The molecule has 3 amide bonds. The molecule has 1 unspecified atom stereocenters. The zero-order valence-corrected chi connectivity index (χ0v) is 47.2. The van der Waals surface area contributed by atoms with Crippen LogP contribution < -0.4 is 20.3 Å². The number of fused-ring (bicyclic) bond motifs is 1. The van der Waals surface area contributed by atoms with E-state index in [-0.39, 0.29) is 49.5 Å². The number of piperazine rings is 1. The third-order valence-corrected chi connectivity index (χ3v) is 18.1. The van der Waals surface area contributed by atoms with Crippen molar-refractivity contribution in [2.24, 2.45) is 5.41 Å². The molecular weight excluding hydrogens is 1050 g/mol. The number of halogens is 2. The van der Waals surface area contributed by atoms with Crippen LogP contribution in [0.1, 0.15) is 87.1 Å². The molecule has 0 radical (unpaired) electrons. The Morgan fingerprint density at radius 3 is 2.24 bits per heavy atom. The Balaban J connectivity index is 0.751. The van der Waals surface area contributed by atoms with Crippen molar-refractivity contribution in [3.63, 3.8) is 0 Å². The van der Waals surface area contributed by atoms with E-state index in [0.717, 1.165) is 101 Å². The number of pyridine rings is 1. The number of aromatic amines is 1. The lowest BCUT2D eigenvalue weighted by atomic mass is 9.85. The van der Waals surface area contributed by atoms with E-state index in [9.17, 15) is 32.7 Å². The molecule has 6 heterocycles. The Morgan fingerprint density at radius 1 is 0.911 bits per heavy atom. The van der Waals surface area contributed by atoms with Crippen molar-refractivity contribution >= 4 is 67.5 Å². The Kier molecular flexibility index (Phi) is 17.0. The molecule has 0 spiro atoms. The summed E-state index contributed by atoms with van der Waals surface area (Å²) in [4.78, 5) is 76.8. The van der Waals surface area contributed by atoms with Crippen LogP contribution in [0, 0.1) is 24.0 Å². The highest BCUT2D eigenvalue weighted by atomic mass is 32.2. The van der Waals surface area contributed by atoms with Crippen LogP contribution in [-0.4, -0.2) is 161 Å². The van der Waals surface area contributed by atoms with Gasteiger partial charge in [0.05, 0.1) is 46.0 Å². The average molecular weight is 1120 g/mol. The number of hydrogen-bond acceptors (Lipinski definition) is 13. The van der Waals surface area contributed by atoms with E-state index in [0.29, 0.717) is 22.6 Å². The Morgan fingerprint density at radius 2 is 1.59 bits per heavy atom. The van der Waals surface area contributed by atoms with Gasteiger partial charge in [-0.05, 0) is 79.1 Å². The number of amides is 3. The fourth-order valence-electron chi connectivity index (χ4n) is 10.8. The molecule has 18 nitrogen and oxygen atoms in total. The van der Waals surface area contributed by atoms with Crippen LogP contribution >= 0.6 is 11.3 Å². The van der Waals surface area contributed by atoms with Crippen molar-refractivity contribution in [3.05, 3.63) is 119 Å². The zero-order valence-electron chi connectivity index (χ0n) is 45.6. The molecule has 6 aromatic rings. The topological polar surface area (TPSA) is 217 Å². The number of carbonyl (C=O) groups excluding carboxylic acids is 4. The van der Waals surface area contributed by atoms with Gasteiger partial charge >= 0.3 is 10.2 Å². The molecule has 0 bridgehead atoms. The fourth-order valence-corrected chi connectivity index (χ4v) is 12.5. The number of nitrogens with one attached hydrogen (secondary N) is 4. The summed E-state index contributed by atoms with van der Waals surface area (Å²) in [5.74, 6) is -4.46. The van der Waals surface area contributed by atoms with E-state index in [2.05, 4.69) is 45.0 Å². The van der Waals surface area contributed by atoms with Crippen molar-refractivity contribution in [3.8, 4) is 21.6 Å². The molecule has 3 aromatic heterocycles. The second-order valence-electron chi connectivity index (χ2n) is 21.9. The van der Waals surface area contributed by atoms with Crippen LogP contribution in [0.2, 0.25) is 0 Å². The molecule has 0 saturated carbocycles. The highest BCUT2D eigenvalue weighted by Gasteiger charge is 2.45. The van der Waals surface area contributed by atoms with Crippen LogP contribution in [0.4, 0.5) is 20.2 Å². The minimum Gasteiger partial charge on any atom is -0.391 e. The molecule has 3 aromatic carbocycles. The zero-order chi connectivity index (χ0) is 56.5. The van der Waals surface area contributed by atoms with Crippen LogP contribution in [-0.2, 0) is 24.6 Å². The molecule has 0 aliphatic carbocycles. The number of piperidine rings is 1. The van der Waals surface area contributed by atoms with Crippen molar-refractivity contribution in [2.45, 2.75) is 91.1 Å². The maximum absolute atomic E-state index is 15.7. The average Bonchev–Trinajstić information content (AvgIpc) is 4.30. The summed E-state index contributed by atoms with van der Waals surface area (Å²) >= 11 is 1.57. The minimum atomic E-state index is -4.15. The summed E-state index contributed by atoms with van der Waals surface area (Å²) in [6, 6.07) is 17.7. The summed E-state index contributed by atoms with van der Waals surface area (Å²) in [5.41, 5.74) is 5.44. The van der Waals surface area contributed by atoms with E-state index < -0.39 is 68.4 Å². The lowest BCUT2D eigenvalue weighted by Crippen LogP contribution is -2.59. The predicted molar refractivity (Wildman–Crippen MR) is 302 cm³/mol. The molecule has 420 valence electrons. The maximum Gasteiger partial charge on any atom is 0.301 e. The van der Waals surface area contributed by atoms with E-state index in [1.165, 1.54) is 18.1 Å². The van der Waals surface area contributed by atoms with Crippen molar-refractivity contribution in [1.82, 2.24) is 44.6 Å². The third-order valence-electron chi connectivity index (χ3n) is 15.6. The van der Waals surface area contributed by atoms with Crippen LogP contribution in [0.15, 0.2) is 84.6 Å². The number of carbonyl (C=O) groups is 4. The smallest absolute Gasteiger partial charge is 0.301 e. The largest absolute Gasteiger partial charge is 0.391 e. The predicted octanol–water partition coefficient (Wildman–Crippen LogP) is 6.74. The first-order valence-electron chi connectivity index (χ1n) is 26.7. The Bertz CT molecular complexity index is 3320. The number of benzene rings is 3. The second-order valence-corrected chi connectivity index (χ2v) is 24.5. The highest BCUT2D eigenvalue weighted by Crippen LogP contribution is 2.33. The maximum atomic E-state index is 15.7. The summed E-state index contributed by atoms with van der Waals surface area (Å²) < 4.78 is 59.1. The molecule has 4 atom stereocenters. The Labute approximate surface area is 463 Å². The van der Waals surface area contributed by atoms with Gasteiger partial charge in [-0.15, -0.1) is 11.3 Å². The lowest BCUT2D eigenvalue weighted by molar-refractivity contribution is -0.144. The van der Waals surface area contributed by atoms with Gasteiger partial charge in [0, 0.05) is 106 Å². The molecule has 5 N–H and O–H groups in total. The first kappa shape index (κ1) is 57.0. The molecule has 3 aliphatic rings. The first-order valence-corrected chi connectivity index (χ1v) is 29.1. The first-order chi connectivity index (χ1) is 37.6. The van der Waals surface area contributed by atoms with Gasteiger partial charge in [0.1, 0.15) is 23.5 Å². The Hall–Kier alpha value is -6.69. The van der Waals surface area contributed by atoms with Crippen LogP contribution in [0.25, 0.3) is 32.6 Å². The van der Waals surface area contributed by atoms with Crippen LogP contribution in [0.5, 0.6) is 0 Å².